The van der Waals surface area contributed by atoms with Gasteiger partial charge in [0.2, 0.25) is 21.8 Å². The summed E-state index contributed by atoms with van der Waals surface area (Å²) in [5.74, 6) is -1.78. The predicted octanol–water partition coefficient (Wildman–Crippen LogP) is 3.42. The van der Waals surface area contributed by atoms with Gasteiger partial charge in [0.1, 0.15) is 5.03 Å². The molecule has 3 rings (SSSR count). The fourth-order valence-electron chi connectivity index (χ4n) is 2.46. The summed E-state index contributed by atoms with van der Waals surface area (Å²) in [6.45, 7) is 1.52. The molecule has 0 aliphatic carbocycles. The molecule has 12 heteroatoms. The van der Waals surface area contributed by atoms with E-state index in [-0.39, 0.29) is 15.4 Å². The highest BCUT2D eigenvalue weighted by Crippen LogP contribution is 2.33. The average Bonchev–Trinajstić information content (AvgIpc) is 2.66. The van der Waals surface area contributed by atoms with E-state index in [0.29, 0.717) is 11.1 Å². The summed E-state index contributed by atoms with van der Waals surface area (Å²) in [6.07, 6.45) is -4.73. The van der Waals surface area contributed by atoms with E-state index in [9.17, 15) is 26.4 Å². The second kappa shape index (κ2) is 8.20. The van der Waals surface area contributed by atoms with Crippen LogP contribution in [-0.2, 0) is 21.0 Å². The molecule has 2 aromatic carbocycles. The molecule has 3 N–H and O–H groups in total. The van der Waals surface area contributed by atoms with Gasteiger partial charge in [-0.25, -0.2) is 23.5 Å². The fourth-order valence-corrected chi connectivity index (χ4v) is 3.91. The number of fused-ring (bicyclic) bond motifs is 1. The number of hydrogen-bond donors (Lipinski definition) is 2. The topological polar surface area (TPSA) is 115 Å². The second-order valence-electron chi connectivity index (χ2n) is 6.19. The molecule has 1 amide bonds. The van der Waals surface area contributed by atoms with Gasteiger partial charge in [-0.15, -0.1) is 0 Å². The molecular formula is C18H15F3N4O3S2. The number of carbonyl (C=O) groups is 1. The number of para-hydroxylation sites is 1. The van der Waals surface area contributed by atoms with Gasteiger partial charge in [0, 0.05) is 11.1 Å². The standard InChI is InChI=1S/C18H15F3N4O3S2/c1-10(15(26)23-11-6-8-12(9-7-11)30(22,27)28)29-16-13-4-2-3-5-14(13)24-17(25-16)18(19,20)21/h2-10H,1H3,(H,23,26)(H2,22,27,28). The lowest BCUT2D eigenvalue weighted by Gasteiger charge is -2.14. The van der Waals surface area contributed by atoms with Crippen molar-refractivity contribution in [2.45, 2.75) is 28.3 Å². The third kappa shape index (κ3) is 5.07. The SMILES string of the molecule is CC(Sc1nc(C(F)(F)F)nc2ccccc12)C(=O)Nc1ccc(S(N)(=O)=O)cc1. The summed E-state index contributed by atoms with van der Waals surface area (Å²) in [4.78, 5) is 19.5. The molecule has 1 unspecified atom stereocenters. The van der Waals surface area contributed by atoms with Gasteiger partial charge >= 0.3 is 6.18 Å². The molecule has 30 heavy (non-hydrogen) atoms. The number of primary sulfonamides is 1. The molecule has 7 nitrogen and oxygen atoms in total. The molecule has 0 bridgehead atoms. The quantitative estimate of drug-likeness (QED) is 0.449. The number of hydrogen-bond acceptors (Lipinski definition) is 6. The number of rotatable bonds is 5. The second-order valence-corrected chi connectivity index (χ2v) is 9.08. The smallest absolute Gasteiger partial charge is 0.325 e. The maximum Gasteiger partial charge on any atom is 0.451 e. The lowest BCUT2D eigenvalue weighted by molar-refractivity contribution is -0.145. The molecule has 0 spiro atoms. The van der Waals surface area contributed by atoms with Gasteiger partial charge in [0.05, 0.1) is 15.7 Å². The Morgan fingerprint density at radius 3 is 2.33 bits per heavy atom. The molecule has 1 atom stereocenters. The molecule has 3 aromatic rings. The largest absolute Gasteiger partial charge is 0.451 e. The van der Waals surface area contributed by atoms with E-state index in [1.165, 1.54) is 37.3 Å². The third-order valence-corrected chi connectivity index (χ3v) is 5.96. The van der Waals surface area contributed by atoms with Crippen LogP contribution in [0.2, 0.25) is 0 Å². The number of alkyl halides is 3. The van der Waals surface area contributed by atoms with E-state index in [1.54, 1.807) is 18.2 Å². The summed E-state index contributed by atoms with van der Waals surface area (Å²) in [7, 11) is -3.86. The number of sulfonamides is 1. The summed E-state index contributed by atoms with van der Waals surface area (Å²) < 4.78 is 61.9. The Hall–Kier alpha value is -2.70. The zero-order chi connectivity index (χ0) is 22.1. The molecule has 0 fully saturated rings. The highest BCUT2D eigenvalue weighted by atomic mass is 32.2. The first-order chi connectivity index (χ1) is 13.9. The number of carbonyl (C=O) groups excluding carboxylic acids is 1. The normalized spacial score (nSPS) is 13.2. The van der Waals surface area contributed by atoms with Crippen molar-refractivity contribution in [1.82, 2.24) is 9.97 Å². The van der Waals surface area contributed by atoms with Crippen molar-refractivity contribution in [3.05, 3.63) is 54.4 Å². The van der Waals surface area contributed by atoms with Gasteiger partial charge in [-0.05, 0) is 37.3 Å². The van der Waals surface area contributed by atoms with Crippen LogP contribution in [0.3, 0.4) is 0 Å². The Balaban J connectivity index is 1.82. The molecule has 0 radical (unpaired) electrons. The lowest BCUT2D eigenvalue weighted by atomic mass is 10.2. The number of nitrogens with two attached hydrogens (primary N) is 1. The van der Waals surface area contributed by atoms with E-state index < -0.39 is 33.2 Å². The Morgan fingerprint density at radius 1 is 1.10 bits per heavy atom. The van der Waals surface area contributed by atoms with Gasteiger partial charge in [-0.2, -0.15) is 13.2 Å². The Morgan fingerprint density at radius 2 is 1.73 bits per heavy atom. The van der Waals surface area contributed by atoms with Crippen LogP contribution < -0.4 is 10.5 Å². The molecule has 0 saturated heterocycles. The maximum atomic E-state index is 13.1. The number of amides is 1. The van der Waals surface area contributed by atoms with Crippen molar-refractivity contribution in [2.24, 2.45) is 5.14 Å². The first-order valence-electron chi connectivity index (χ1n) is 8.39. The van der Waals surface area contributed by atoms with Gasteiger partial charge in [0.15, 0.2) is 0 Å². The monoisotopic (exact) mass is 456 g/mol. The van der Waals surface area contributed by atoms with Crippen LogP contribution in [0.15, 0.2) is 58.5 Å². The molecule has 158 valence electrons. The van der Waals surface area contributed by atoms with Crippen LogP contribution in [0.4, 0.5) is 18.9 Å². The highest BCUT2D eigenvalue weighted by molar-refractivity contribution is 8.00. The molecular weight excluding hydrogens is 441 g/mol. The predicted molar refractivity (Wildman–Crippen MR) is 106 cm³/mol. The minimum Gasteiger partial charge on any atom is -0.325 e. The van der Waals surface area contributed by atoms with E-state index in [0.717, 1.165) is 11.8 Å². The maximum absolute atomic E-state index is 13.1. The Bertz CT molecular complexity index is 1200. The first kappa shape index (κ1) is 22.0. The van der Waals surface area contributed by atoms with Crippen LogP contribution in [-0.4, -0.2) is 29.5 Å². The van der Waals surface area contributed by atoms with Crippen molar-refractivity contribution in [2.75, 3.05) is 5.32 Å². The van der Waals surface area contributed by atoms with Gasteiger partial charge in [-0.3, -0.25) is 4.79 Å². The van der Waals surface area contributed by atoms with E-state index in [4.69, 9.17) is 5.14 Å². The van der Waals surface area contributed by atoms with Crippen LogP contribution in [0, 0.1) is 0 Å². The average molecular weight is 456 g/mol. The number of halogens is 3. The van der Waals surface area contributed by atoms with Crippen LogP contribution >= 0.6 is 11.8 Å². The third-order valence-electron chi connectivity index (χ3n) is 3.93. The highest BCUT2D eigenvalue weighted by Gasteiger charge is 2.36. The van der Waals surface area contributed by atoms with Gasteiger partial charge < -0.3 is 5.32 Å². The number of nitrogens with one attached hydrogen (secondary N) is 1. The van der Waals surface area contributed by atoms with Gasteiger partial charge in [-0.1, -0.05) is 30.0 Å². The van der Waals surface area contributed by atoms with Crippen molar-refractivity contribution in [1.29, 1.82) is 0 Å². The number of aromatic nitrogens is 2. The van der Waals surface area contributed by atoms with E-state index >= 15 is 0 Å². The van der Waals surface area contributed by atoms with Crippen molar-refractivity contribution < 1.29 is 26.4 Å². The minimum absolute atomic E-state index is 0.0279. The number of benzene rings is 2. The molecule has 0 aliphatic heterocycles. The van der Waals surface area contributed by atoms with E-state index in [2.05, 4.69) is 15.3 Å². The fraction of sp³-hybridized carbons (Fsp3) is 0.167. The number of nitrogens with zero attached hydrogens (tertiary/aromatic N) is 2. The lowest BCUT2D eigenvalue weighted by Crippen LogP contribution is -2.23. The van der Waals surface area contributed by atoms with Crippen molar-refractivity contribution in [3.63, 3.8) is 0 Å². The zero-order valence-corrected chi connectivity index (χ0v) is 17.0. The first-order valence-corrected chi connectivity index (χ1v) is 10.8. The summed E-state index contributed by atoms with van der Waals surface area (Å²) >= 11 is 0.859. The zero-order valence-electron chi connectivity index (χ0n) is 15.3. The molecule has 0 aliphatic rings. The van der Waals surface area contributed by atoms with Crippen LogP contribution in [0.5, 0.6) is 0 Å². The minimum atomic E-state index is -4.73. The molecule has 1 heterocycles. The summed E-state index contributed by atoms with van der Waals surface area (Å²) in [5.41, 5.74) is 0.428. The summed E-state index contributed by atoms with van der Waals surface area (Å²) in [5, 5.41) is 7.21. The molecule has 1 aromatic heterocycles. The van der Waals surface area contributed by atoms with E-state index in [1.807, 2.05) is 0 Å². The number of anilines is 1. The Kier molecular flexibility index (Phi) is 6.01. The van der Waals surface area contributed by atoms with Crippen molar-refractivity contribution >= 4 is 44.3 Å². The summed E-state index contributed by atoms with van der Waals surface area (Å²) in [6, 6.07) is 11.4. The number of thioether (sulfide) groups is 1. The van der Waals surface area contributed by atoms with Crippen LogP contribution in [0.25, 0.3) is 10.9 Å². The Labute approximate surface area is 174 Å². The van der Waals surface area contributed by atoms with Crippen molar-refractivity contribution in [3.8, 4) is 0 Å². The molecule has 0 saturated carbocycles. The van der Waals surface area contributed by atoms with Gasteiger partial charge in [0.25, 0.3) is 0 Å². The van der Waals surface area contributed by atoms with Crippen LogP contribution in [0.1, 0.15) is 12.7 Å².